The summed E-state index contributed by atoms with van der Waals surface area (Å²) in [5, 5.41) is 8.83. The largest absolute Gasteiger partial charge is 0.497 e. The first kappa shape index (κ1) is 26.1. The normalized spacial score (nSPS) is 11.3. The Labute approximate surface area is 228 Å². The van der Waals surface area contributed by atoms with E-state index < -0.39 is 0 Å². The third-order valence-corrected chi connectivity index (χ3v) is 6.33. The Kier molecular flexibility index (Phi) is 8.96. The van der Waals surface area contributed by atoms with Crippen molar-refractivity contribution in [3.8, 4) is 11.4 Å². The van der Waals surface area contributed by atoms with Gasteiger partial charge in [0.25, 0.3) is 0 Å². The second kappa shape index (κ2) is 13.4. The summed E-state index contributed by atoms with van der Waals surface area (Å²) in [4.78, 5) is 18.4. The standard InChI is InChI=1S/C30H32N8O/c1-39-30-13-11-29(12-14-30)38-24-28(34-35-38)23-37(22-27-10-4-7-17-33-27)19-18-36(20-25-8-2-5-15-31-25)21-26-9-3-6-16-32-26/h2-17,24H,18-23H2,1H3. The van der Waals surface area contributed by atoms with E-state index in [0.717, 1.165) is 60.4 Å². The van der Waals surface area contributed by atoms with E-state index in [1.165, 1.54) is 0 Å². The Balaban J connectivity index is 1.31. The van der Waals surface area contributed by atoms with E-state index in [2.05, 4.69) is 53.3 Å². The number of nitrogens with zero attached hydrogens (tertiary/aromatic N) is 8. The summed E-state index contributed by atoms with van der Waals surface area (Å²) < 4.78 is 7.06. The van der Waals surface area contributed by atoms with Gasteiger partial charge in [-0.2, -0.15) is 0 Å². The predicted octanol–water partition coefficient (Wildman–Crippen LogP) is 4.17. The fourth-order valence-electron chi connectivity index (χ4n) is 4.33. The fourth-order valence-corrected chi connectivity index (χ4v) is 4.33. The van der Waals surface area contributed by atoms with Crippen molar-refractivity contribution in [2.75, 3.05) is 20.2 Å². The van der Waals surface area contributed by atoms with Gasteiger partial charge in [0.05, 0.1) is 41.8 Å². The topological polar surface area (TPSA) is 85.1 Å². The van der Waals surface area contributed by atoms with Crippen molar-refractivity contribution in [3.05, 3.63) is 126 Å². The van der Waals surface area contributed by atoms with Crippen LogP contribution in [0.5, 0.6) is 5.75 Å². The van der Waals surface area contributed by atoms with Gasteiger partial charge in [-0.3, -0.25) is 24.8 Å². The van der Waals surface area contributed by atoms with Crippen LogP contribution in [-0.2, 0) is 26.2 Å². The Hall–Kier alpha value is -4.47. The molecule has 9 heteroatoms. The molecule has 0 atom stereocenters. The molecule has 0 saturated carbocycles. The van der Waals surface area contributed by atoms with Crippen LogP contribution in [0, 0.1) is 0 Å². The SMILES string of the molecule is COc1ccc(-n2cc(CN(CCN(Cc3ccccn3)Cc3ccccn3)Cc3ccccn3)nn2)cc1. The van der Waals surface area contributed by atoms with Gasteiger partial charge >= 0.3 is 0 Å². The van der Waals surface area contributed by atoms with Gasteiger partial charge in [0.2, 0.25) is 0 Å². The Bertz CT molecular complexity index is 1350. The quantitative estimate of drug-likeness (QED) is 0.229. The van der Waals surface area contributed by atoms with Crippen LogP contribution >= 0.6 is 0 Å². The van der Waals surface area contributed by atoms with E-state index in [9.17, 15) is 0 Å². The molecular formula is C30H32N8O. The van der Waals surface area contributed by atoms with Crippen LogP contribution in [0.2, 0.25) is 0 Å². The van der Waals surface area contributed by atoms with Crippen molar-refractivity contribution in [1.29, 1.82) is 0 Å². The van der Waals surface area contributed by atoms with Gasteiger partial charge in [-0.25, -0.2) is 4.68 Å². The number of pyridine rings is 3. The van der Waals surface area contributed by atoms with Gasteiger partial charge in [0, 0.05) is 57.9 Å². The Morgan fingerprint density at radius 1 is 0.615 bits per heavy atom. The first-order valence-electron chi connectivity index (χ1n) is 13.0. The van der Waals surface area contributed by atoms with Crippen LogP contribution in [0.1, 0.15) is 22.8 Å². The highest BCUT2D eigenvalue weighted by molar-refractivity contribution is 5.36. The third kappa shape index (κ3) is 7.76. The average molecular weight is 521 g/mol. The van der Waals surface area contributed by atoms with E-state index in [-0.39, 0.29) is 0 Å². The van der Waals surface area contributed by atoms with Crippen LogP contribution in [0.3, 0.4) is 0 Å². The zero-order chi connectivity index (χ0) is 26.7. The smallest absolute Gasteiger partial charge is 0.119 e. The lowest BCUT2D eigenvalue weighted by Crippen LogP contribution is -2.35. The molecule has 0 spiro atoms. The molecule has 39 heavy (non-hydrogen) atoms. The number of hydrogen-bond acceptors (Lipinski definition) is 8. The summed E-state index contributed by atoms with van der Waals surface area (Å²) in [7, 11) is 1.66. The lowest BCUT2D eigenvalue weighted by Gasteiger charge is -2.27. The van der Waals surface area contributed by atoms with Gasteiger partial charge < -0.3 is 4.74 Å². The van der Waals surface area contributed by atoms with Crippen LogP contribution < -0.4 is 4.74 Å². The van der Waals surface area contributed by atoms with Crippen molar-refractivity contribution in [1.82, 2.24) is 39.7 Å². The highest BCUT2D eigenvalue weighted by Gasteiger charge is 2.15. The molecule has 0 aliphatic heterocycles. The fraction of sp³-hybridized carbons (Fsp3) is 0.233. The summed E-state index contributed by atoms with van der Waals surface area (Å²) in [6, 6.07) is 25.9. The maximum absolute atomic E-state index is 5.27. The molecule has 9 nitrogen and oxygen atoms in total. The molecule has 198 valence electrons. The van der Waals surface area contributed by atoms with Crippen molar-refractivity contribution in [2.24, 2.45) is 0 Å². The summed E-state index contributed by atoms with van der Waals surface area (Å²) in [5.74, 6) is 0.807. The molecule has 0 bridgehead atoms. The molecule has 0 N–H and O–H groups in total. The van der Waals surface area contributed by atoms with E-state index in [1.807, 2.05) is 85.5 Å². The molecular weight excluding hydrogens is 488 g/mol. The minimum atomic E-state index is 0.647. The second-order valence-corrected chi connectivity index (χ2v) is 9.24. The summed E-state index contributed by atoms with van der Waals surface area (Å²) >= 11 is 0. The minimum Gasteiger partial charge on any atom is -0.497 e. The third-order valence-electron chi connectivity index (χ3n) is 6.33. The zero-order valence-electron chi connectivity index (χ0n) is 22.0. The van der Waals surface area contributed by atoms with Crippen LogP contribution in [-0.4, -0.2) is 59.9 Å². The van der Waals surface area contributed by atoms with Gasteiger partial charge in [-0.1, -0.05) is 23.4 Å². The molecule has 0 aliphatic rings. The van der Waals surface area contributed by atoms with Gasteiger partial charge in [-0.15, -0.1) is 5.10 Å². The Morgan fingerprint density at radius 2 is 1.10 bits per heavy atom. The van der Waals surface area contributed by atoms with E-state index in [4.69, 9.17) is 4.74 Å². The van der Waals surface area contributed by atoms with Crippen molar-refractivity contribution >= 4 is 0 Å². The molecule has 1 aromatic carbocycles. The number of ether oxygens (including phenoxy) is 1. The van der Waals surface area contributed by atoms with Crippen molar-refractivity contribution < 1.29 is 4.74 Å². The van der Waals surface area contributed by atoms with Crippen molar-refractivity contribution in [3.63, 3.8) is 0 Å². The van der Waals surface area contributed by atoms with E-state index >= 15 is 0 Å². The summed E-state index contributed by atoms with van der Waals surface area (Å²) in [6.07, 6.45) is 7.50. The predicted molar refractivity (Wildman–Crippen MR) is 149 cm³/mol. The highest BCUT2D eigenvalue weighted by Crippen LogP contribution is 2.15. The zero-order valence-corrected chi connectivity index (χ0v) is 22.0. The van der Waals surface area contributed by atoms with Gasteiger partial charge in [0.1, 0.15) is 5.75 Å². The molecule has 5 aromatic rings. The number of aromatic nitrogens is 6. The maximum atomic E-state index is 5.27. The summed E-state index contributed by atoms with van der Waals surface area (Å²) in [5.41, 5.74) is 4.91. The lowest BCUT2D eigenvalue weighted by molar-refractivity contribution is 0.178. The van der Waals surface area contributed by atoms with E-state index in [1.54, 1.807) is 11.8 Å². The van der Waals surface area contributed by atoms with Gasteiger partial charge in [-0.05, 0) is 60.7 Å². The molecule has 0 amide bonds. The molecule has 5 rings (SSSR count). The second-order valence-electron chi connectivity index (χ2n) is 9.24. The maximum Gasteiger partial charge on any atom is 0.119 e. The lowest BCUT2D eigenvalue weighted by atomic mass is 10.2. The molecule has 0 fully saturated rings. The van der Waals surface area contributed by atoms with Gasteiger partial charge in [0.15, 0.2) is 0 Å². The minimum absolute atomic E-state index is 0.647. The first-order chi connectivity index (χ1) is 19.2. The molecule has 4 heterocycles. The number of benzene rings is 1. The van der Waals surface area contributed by atoms with Crippen LogP contribution in [0.4, 0.5) is 0 Å². The average Bonchev–Trinajstić information content (AvgIpc) is 3.46. The first-order valence-corrected chi connectivity index (χ1v) is 13.0. The molecule has 4 aromatic heterocycles. The summed E-state index contributed by atoms with van der Waals surface area (Å²) in [6.45, 7) is 4.47. The number of methoxy groups -OCH3 is 1. The number of hydrogen-bond donors (Lipinski definition) is 0. The molecule has 0 radical (unpaired) electrons. The molecule has 0 saturated heterocycles. The highest BCUT2D eigenvalue weighted by atomic mass is 16.5. The van der Waals surface area contributed by atoms with Crippen LogP contribution in [0.15, 0.2) is 104 Å². The van der Waals surface area contributed by atoms with E-state index in [0.29, 0.717) is 13.1 Å². The van der Waals surface area contributed by atoms with Crippen LogP contribution in [0.25, 0.3) is 5.69 Å². The van der Waals surface area contributed by atoms with Crippen molar-refractivity contribution in [2.45, 2.75) is 26.2 Å². The monoisotopic (exact) mass is 520 g/mol. The Morgan fingerprint density at radius 3 is 1.54 bits per heavy atom. The molecule has 0 unspecified atom stereocenters. The molecule has 0 aliphatic carbocycles. The number of rotatable bonds is 13.